The van der Waals surface area contributed by atoms with Crippen LogP contribution < -0.4 is 0 Å². The molecule has 0 amide bonds. The molecule has 2 unspecified atom stereocenters. The van der Waals surface area contributed by atoms with Gasteiger partial charge >= 0.3 is 0 Å². The van der Waals surface area contributed by atoms with Crippen molar-refractivity contribution >= 4 is 0 Å². The van der Waals surface area contributed by atoms with Gasteiger partial charge in [0.1, 0.15) is 11.6 Å². The molecule has 2 rings (SSSR count). The highest BCUT2D eigenvalue weighted by atomic mass is 19.1. The molecule has 2 atom stereocenters. The summed E-state index contributed by atoms with van der Waals surface area (Å²) in [7, 11) is 0. The summed E-state index contributed by atoms with van der Waals surface area (Å²) in [6.45, 7) is 3.94. The van der Waals surface area contributed by atoms with Gasteiger partial charge in [0.05, 0.1) is 6.10 Å². The number of benzene rings is 1. The molecule has 1 saturated heterocycles. The fraction of sp³-hybridized carbons (Fsp3) is 0.625. The minimum absolute atomic E-state index is 0.0649. The van der Waals surface area contributed by atoms with Gasteiger partial charge in [-0.3, -0.25) is 0 Å². The molecule has 4 heteroatoms. The van der Waals surface area contributed by atoms with E-state index in [0.29, 0.717) is 12.5 Å². The molecule has 1 fully saturated rings. The van der Waals surface area contributed by atoms with Crippen molar-refractivity contribution in [1.29, 1.82) is 0 Å². The van der Waals surface area contributed by atoms with Gasteiger partial charge in [0.15, 0.2) is 0 Å². The molecule has 1 aliphatic rings. The lowest BCUT2D eigenvalue weighted by Crippen LogP contribution is -2.40. The third-order valence-corrected chi connectivity index (χ3v) is 4.23. The number of hydrogen-bond acceptors (Lipinski definition) is 2. The Balaban J connectivity index is 1.94. The third kappa shape index (κ3) is 3.76. The Hall–Kier alpha value is -1.00. The monoisotopic (exact) mass is 283 g/mol. The van der Waals surface area contributed by atoms with Gasteiger partial charge in [-0.05, 0) is 50.4 Å². The summed E-state index contributed by atoms with van der Waals surface area (Å²) in [4.78, 5) is 2.37. The van der Waals surface area contributed by atoms with Crippen LogP contribution in [0.15, 0.2) is 18.2 Å². The van der Waals surface area contributed by atoms with Crippen molar-refractivity contribution in [3.63, 3.8) is 0 Å². The zero-order chi connectivity index (χ0) is 14.5. The maximum Gasteiger partial charge on any atom is 0.129 e. The minimum Gasteiger partial charge on any atom is -0.388 e. The second-order valence-corrected chi connectivity index (χ2v) is 5.56. The normalized spacial score (nSPS) is 21.9. The van der Waals surface area contributed by atoms with Gasteiger partial charge in [-0.15, -0.1) is 0 Å². The Morgan fingerprint density at radius 3 is 2.90 bits per heavy atom. The lowest BCUT2D eigenvalue weighted by molar-refractivity contribution is 0.0993. The summed E-state index contributed by atoms with van der Waals surface area (Å²) in [5.41, 5.74) is 0.0649. The molecule has 20 heavy (non-hydrogen) atoms. The van der Waals surface area contributed by atoms with E-state index in [4.69, 9.17) is 0 Å². The van der Waals surface area contributed by atoms with Gasteiger partial charge in [0.25, 0.3) is 0 Å². The summed E-state index contributed by atoms with van der Waals surface area (Å²) < 4.78 is 26.7. The van der Waals surface area contributed by atoms with Crippen molar-refractivity contribution < 1.29 is 13.9 Å². The smallest absolute Gasteiger partial charge is 0.129 e. The topological polar surface area (TPSA) is 23.5 Å². The maximum atomic E-state index is 13.6. The molecular weight excluding hydrogens is 260 g/mol. The Morgan fingerprint density at radius 1 is 1.35 bits per heavy atom. The number of halogens is 2. The maximum absolute atomic E-state index is 13.6. The number of hydrogen-bond donors (Lipinski definition) is 1. The Morgan fingerprint density at radius 2 is 2.15 bits per heavy atom. The second-order valence-electron chi connectivity index (χ2n) is 5.56. The molecule has 0 aromatic heterocycles. The number of aliphatic hydroxyl groups is 1. The molecule has 112 valence electrons. The van der Waals surface area contributed by atoms with E-state index in [1.54, 1.807) is 0 Å². The van der Waals surface area contributed by atoms with E-state index in [0.717, 1.165) is 37.7 Å². The summed E-state index contributed by atoms with van der Waals surface area (Å²) in [6, 6.07) is 3.80. The first-order valence-corrected chi connectivity index (χ1v) is 7.49. The minimum atomic E-state index is -0.940. The molecule has 1 heterocycles. The first-order chi connectivity index (χ1) is 9.61. The SMILES string of the molecule is CCC1CCCCN1CCC(O)c1cc(F)ccc1F. The molecular formula is C16H23F2NO. The lowest BCUT2D eigenvalue weighted by Gasteiger charge is -2.35. The fourth-order valence-corrected chi connectivity index (χ4v) is 3.03. The van der Waals surface area contributed by atoms with Crippen LogP contribution in [0, 0.1) is 11.6 Å². The molecule has 0 radical (unpaired) electrons. The molecule has 0 bridgehead atoms. The van der Waals surface area contributed by atoms with E-state index < -0.39 is 17.7 Å². The highest BCUT2D eigenvalue weighted by Gasteiger charge is 2.22. The van der Waals surface area contributed by atoms with E-state index in [2.05, 4.69) is 11.8 Å². The van der Waals surface area contributed by atoms with E-state index in [1.165, 1.54) is 19.3 Å². The van der Waals surface area contributed by atoms with Crippen molar-refractivity contribution in [2.75, 3.05) is 13.1 Å². The molecule has 2 nitrogen and oxygen atoms in total. The van der Waals surface area contributed by atoms with Gasteiger partial charge in [0, 0.05) is 18.2 Å². The van der Waals surface area contributed by atoms with Gasteiger partial charge in [0.2, 0.25) is 0 Å². The van der Waals surface area contributed by atoms with Crippen molar-refractivity contribution in [3.8, 4) is 0 Å². The molecule has 0 saturated carbocycles. The van der Waals surface area contributed by atoms with Crippen molar-refractivity contribution in [1.82, 2.24) is 4.90 Å². The number of likely N-dealkylation sites (tertiary alicyclic amines) is 1. The van der Waals surface area contributed by atoms with Crippen LogP contribution in [0.3, 0.4) is 0 Å². The van der Waals surface area contributed by atoms with E-state index in [9.17, 15) is 13.9 Å². The van der Waals surface area contributed by atoms with Crippen LogP contribution in [0.5, 0.6) is 0 Å². The molecule has 1 aromatic carbocycles. The molecule has 1 N–H and O–H groups in total. The van der Waals surface area contributed by atoms with Crippen LogP contribution in [0.2, 0.25) is 0 Å². The van der Waals surface area contributed by atoms with Crippen LogP contribution in [0.25, 0.3) is 0 Å². The Labute approximate surface area is 119 Å². The molecule has 0 aliphatic carbocycles. The number of rotatable bonds is 5. The first kappa shape index (κ1) is 15.4. The molecule has 1 aliphatic heterocycles. The second kappa shape index (κ2) is 7.14. The average Bonchev–Trinajstić information content (AvgIpc) is 2.47. The summed E-state index contributed by atoms with van der Waals surface area (Å²) in [6.07, 6.45) is 4.24. The first-order valence-electron chi connectivity index (χ1n) is 7.49. The van der Waals surface area contributed by atoms with Crippen LogP contribution in [0.1, 0.15) is 50.7 Å². The number of nitrogens with zero attached hydrogens (tertiary/aromatic N) is 1. The van der Waals surface area contributed by atoms with Gasteiger partial charge in [-0.25, -0.2) is 8.78 Å². The van der Waals surface area contributed by atoms with Crippen molar-refractivity contribution in [3.05, 3.63) is 35.4 Å². The van der Waals surface area contributed by atoms with Crippen LogP contribution in [-0.4, -0.2) is 29.1 Å². The highest BCUT2D eigenvalue weighted by Crippen LogP contribution is 2.24. The molecule has 1 aromatic rings. The van der Waals surface area contributed by atoms with Crippen LogP contribution in [0.4, 0.5) is 8.78 Å². The van der Waals surface area contributed by atoms with Gasteiger partial charge in [-0.2, -0.15) is 0 Å². The van der Waals surface area contributed by atoms with E-state index in [1.807, 2.05) is 0 Å². The average molecular weight is 283 g/mol. The van der Waals surface area contributed by atoms with Gasteiger partial charge < -0.3 is 10.0 Å². The quantitative estimate of drug-likeness (QED) is 0.891. The zero-order valence-corrected chi connectivity index (χ0v) is 12.0. The molecule has 0 spiro atoms. The zero-order valence-electron chi connectivity index (χ0n) is 12.0. The van der Waals surface area contributed by atoms with Gasteiger partial charge in [-0.1, -0.05) is 13.3 Å². The van der Waals surface area contributed by atoms with Crippen LogP contribution in [-0.2, 0) is 0 Å². The lowest BCUT2D eigenvalue weighted by atomic mass is 9.98. The standard InChI is InChI=1S/C16H23F2NO/c1-2-13-5-3-4-9-19(13)10-8-16(20)14-11-12(17)6-7-15(14)18/h6-7,11,13,16,20H,2-5,8-10H2,1H3. The predicted octanol–water partition coefficient (Wildman–Crippen LogP) is 3.65. The predicted molar refractivity (Wildman–Crippen MR) is 75.4 cm³/mol. The van der Waals surface area contributed by atoms with Crippen molar-refractivity contribution in [2.45, 2.75) is 51.2 Å². The third-order valence-electron chi connectivity index (χ3n) is 4.23. The summed E-state index contributed by atoms with van der Waals surface area (Å²) in [5, 5.41) is 10.1. The number of aliphatic hydroxyl groups excluding tert-OH is 1. The van der Waals surface area contributed by atoms with Crippen LogP contribution >= 0.6 is 0 Å². The number of piperidine rings is 1. The van der Waals surface area contributed by atoms with E-state index >= 15 is 0 Å². The van der Waals surface area contributed by atoms with Crippen molar-refractivity contribution in [2.24, 2.45) is 0 Å². The largest absolute Gasteiger partial charge is 0.388 e. The fourth-order valence-electron chi connectivity index (χ4n) is 3.03. The summed E-state index contributed by atoms with van der Waals surface area (Å²) >= 11 is 0. The Kier molecular flexibility index (Phi) is 5.49. The van der Waals surface area contributed by atoms with E-state index in [-0.39, 0.29) is 5.56 Å². The Bertz CT molecular complexity index is 438. The summed E-state index contributed by atoms with van der Waals surface area (Å²) in [5.74, 6) is -1.05. The highest BCUT2D eigenvalue weighted by molar-refractivity contribution is 5.21.